The molecule has 2 amide bonds. The summed E-state index contributed by atoms with van der Waals surface area (Å²) in [6.07, 6.45) is 3.61. The molecule has 33 heavy (non-hydrogen) atoms. The van der Waals surface area contributed by atoms with Crippen molar-refractivity contribution in [3.63, 3.8) is 0 Å². The molecule has 8 heteroatoms. The van der Waals surface area contributed by atoms with Crippen molar-refractivity contribution in [1.82, 2.24) is 14.8 Å². The maximum Gasteiger partial charge on any atom is 0.410 e. The average molecular weight is 477 g/mol. The van der Waals surface area contributed by atoms with E-state index in [0.717, 1.165) is 36.2 Å². The maximum atomic E-state index is 13.1. The third kappa shape index (κ3) is 5.18. The first-order valence-electron chi connectivity index (χ1n) is 11.6. The van der Waals surface area contributed by atoms with Gasteiger partial charge in [0.05, 0.1) is 28.2 Å². The van der Waals surface area contributed by atoms with Crippen LogP contribution in [-0.4, -0.2) is 65.9 Å². The third-order valence-electron chi connectivity index (χ3n) is 6.85. The van der Waals surface area contributed by atoms with Gasteiger partial charge in [-0.25, -0.2) is 9.79 Å². The molecule has 182 valence electrons. The minimum Gasteiger partial charge on any atom is -0.444 e. The molecule has 0 bridgehead atoms. The number of rotatable bonds is 3. The van der Waals surface area contributed by atoms with E-state index in [4.69, 9.17) is 21.3 Å². The van der Waals surface area contributed by atoms with Gasteiger partial charge in [0.25, 0.3) is 5.91 Å². The summed E-state index contributed by atoms with van der Waals surface area (Å²) >= 11 is 6.49. The number of amides is 2. The number of aliphatic imine (C=N–C) groups is 1. The molecule has 1 aromatic rings. The zero-order valence-electron chi connectivity index (χ0n) is 21.2. The van der Waals surface area contributed by atoms with Gasteiger partial charge in [0, 0.05) is 38.5 Å². The van der Waals surface area contributed by atoms with Crippen LogP contribution in [0.2, 0.25) is 5.02 Å². The molecule has 2 heterocycles. The number of aromatic nitrogens is 1. The van der Waals surface area contributed by atoms with E-state index in [2.05, 4.69) is 4.99 Å². The van der Waals surface area contributed by atoms with Gasteiger partial charge in [0.2, 0.25) is 0 Å². The number of aryl methyl sites for hydroxylation is 1. The zero-order chi connectivity index (χ0) is 24.8. The largest absolute Gasteiger partial charge is 0.444 e. The molecule has 2 aliphatic rings. The topological polar surface area (TPSA) is 75.1 Å². The second-order valence-electron chi connectivity index (χ2n) is 11.2. The van der Waals surface area contributed by atoms with E-state index in [0.29, 0.717) is 18.1 Å². The van der Waals surface area contributed by atoms with Crippen LogP contribution in [0.1, 0.15) is 76.8 Å². The number of carbonyl (C=O) groups is 2. The maximum absolute atomic E-state index is 13.1. The van der Waals surface area contributed by atoms with Gasteiger partial charge in [0.15, 0.2) is 0 Å². The Bertz CT molecular complexity index is 957. The van der Waals surface area contributed by atoms with Gasteiger partial charge >= 0.3 is 6.09 Å². The summed E-state index contributed by atoms with van der Waals surface area (Å²) < 4.78 is 5.58. The van der Waals surface area contributed by atoms with Gasteiger partial charge in [-0.3, -0.25) is 9.78 Å². The monoisotopic (exact) mass is 476 g/mol. The smallest absolute Gasteiger partial charge is 0.410 e. The van der Waals surface area contributed by atoms with Crippen molar-refractivity contribution in [1.29, 1.82) is 0 Å². The van der Waals surface area contributed by atoms with Gasteiger partial charge < -0.3 is 14.5 Å². The first-order valence-corrected chi connectivity index (χ1v) is 11.9. The number of carbonyl (C=O) groups excluding carboxylic acids is 2. The Kier molecular flexibility index (Phi) is 6.87. The van der Waals surface area contributed by atoms with E-state index in [1.807, 2.05) is 61.7 Å². The van der Waals surface area contributed by atoms with Crippen LogP contribution in [0.3, 0.4) is 0 Å². The minimum atomic E-state index is -0.715. The average Bonchev–Trinajstić information content (AvgIpc) is 2.99. The summed E-state index contributed by atoms with van der Waals surface area (Å²) in [6, 6.07) is 1.99. The Hall–Kier alpha value is -2.15. The summed E-state index contributed by atoms with van der Waals surface area (Å²) in [7, 11) is 3.68. The molecular weight excluding hydrogens is 440 g/mol. The Balaban J connectivity index is 1.92. The lowest BCUT2D eigenvalue weighted by Crippen LogP contribution is -2.46. The number of hydrogen-bond donors (Lipinski definition) is 0. The number of likely N-dealkylation sites (tertiary alicyclic amines) is 1. The van der Waals surface area contributed by atoms with E-state index in [1.54, 1.807) is 16.1 Å². The molecule has 1 atom stereocenters. The summed E-state index contributed by atoms with van der Waals surface area (Å²) in [4.78, 5) is 38.4. The fourth-order valence-corrected chi connectivity index (χ4v) is 5.05. The van der Waals surface area contributed by atoms with Crippen molar-refractivity contribution in [2.24, 2.45) is 10.4 Å². The normalized spacial score (nSPS) is 20.3. The zero-order valence-corrected chi connectivity index (χ0v) is 21.9. The highest BCUT2D eigenvalue weighted by Gasteiger charge is 2.53. The molecule has 0 aromatic carbocycles. The van der Waals surface area contributed by atoms with E-state index in [-0.39, 0.29) is 23.3 Å². The predicted molar refractivity (Wildman–Crippen MR) is 131 cm³/mol. The molecular formula is C25H37ClN4O3. The van der Waals surface area contributed by atoms with Crippen LogP contribution in [0.15, 0.2) is 11.1 Å². The van der Waals surface area contributed by atoms with Crippen LogP contribution in [0.4, 0.5) is 4.79 Å². The van der Waals surface area contributed by atoms with Crippen LogP contribution in [0.25, 0.3) is 0 Å². The van der Waals surface area contributed by atoms with Crippen molar-refractivity contribution in [2.45, 2.75) is 77.7 Å². The fraction of sp³-hybridized carbons (Fsp3) is 0.680. The van der Waals surface area contributed by atoms with Crippen molar-refractivity contribution >= 4 is 29.9 Å². The highest BCUT2D eigenvalue weighted by atomic mass is 35.5. The summed E-state index contributed by atoms with van der Waals surface area (Å²) in [5.41, 5.74) is 1.42. The SMILES string of the molecule is Cc1nc2c(cc1Cl)[C@H](C(C)(C)C(=O)/N=C/N(C)C)CC21CCN(C(=O)OC(C)(C)C)CC1. The van der Waals surface area contributed by atoms with Crippen LogP contribution in [0, 0.1) is 12.3 Å². The Labute approximate surface area is 202 Å². The van der Waals surface area contributed by atoms with Crippen LogP contribution in [0.5, 0.6) is 0 Å². The highest BCUT2D eigenvalue weighted by molar-refractivity contribution is 6.31. The number of piperidine rings is 1. The molecule has 7 nitrogen and oxygen atoms in total. The summed E-state index contributed by atoms with van der Waals surface area (Å²) in [6.45, 7) is 12.7. The quantitative estimate of drug-likeness (QED) is 0.456. The number of halogens is 1. The van der Waals surface area contributed by atoms with Gasteiger partial charge in [-0.05, 0) is 58.6 Å². The molecule has 0 saturated carbocycles. The number of hydrogen-bond acceptors (Lipinski definition) is 4. The highest BCUT2D eigenvalue weighted by Crippen LogP contribution is 2.57. The lowest BCUT2D eigenvalue weighted by molar-refractivity contribution is -0.127. The number of nitrogens with zero attached hydrogens (tertiary/aromatic N) is 4. The summed E-state index contributed by atoms with van der Waals surface area (Å²) in [5, 5.41) is 0.613. The van der Waals surface area contributed by atoms with Gasteiger partial charge in [0.1, 0.15) is 5.60 Å². The first kappa shape index (κ1) is 25.5. The molecule has 3 rings (SSSR count). The van der Waals surface area contributed by atoms with E-state index >= 15 is 0 Å². The molecule has 0 N–H and O–H groups in total. The minimum absolute atomic E-state index is 0.0574. The van der Waals surface area contributed by atoms with Gasteiger partial charge in [-0.2, -0.15) is 0 Å². The van der Waals surface area contributed by atoms with E-state index in [9.17, 15) is 9.59 Å². The number of ether oxygens (including phenoxy) is 1. The van der Waals surface area contributed by atoms with E-state index < -0.39 is 11.0 Å². The standard InChI is InChI=1S/C25H37ClN4O3/c1-16-19(26)13-17-18(24(5,6)21(31)27-15-29(7)8)14-25(20(17)28-16)9-11-30(12-10-25)22(32)33-23(2,3)4/h13,15,18H,9-12,14H2,1-8H3/b27-15+/t18-/m1/s1. The molecule has 1 spiro atoms. The molecule has 0 radical (unpaired) electrons. The fourth-order valence-electron chi connectivity index (χ4n) is 4.89. The second kappa shape index (κ2) is 8.90. The Morgan fingerprint density at radius 2 is 1.85 bits per heavy atom. The molecule has 1 aromatic heterocycles. The van der Waals surface area contributed by atoms with Crippen LogP contribution >= 0.6 is 11.6 Å². The van der Waals surface area contributed by atoms with Crippen molar-refractivity contribution < 1.29 is 14.3 Å². The number of pyridine rings is 1. The molecule has 1 saturated heterocycles. The predicted octanol–water partition coefficient (Wildman–Crippen LogP) is 4.94. The van der Waals surface area contributed by atoms with Crippen molar-refractivity contribution in [3.8, 4) is 0 Å². The molecule has 1 fully saturated rings. The Morgan fingerprint density at radius 1 is 1.24 bits per heavy atom. The second-order valence-corrected chi connectivity index (χ2v) is 11.6. The molecule has 0 unspecified atom stereocenters. The Morgan fingerprint density at radius 3 is 2.39 bits per heavy atom. The molecule has 1 aliphatic carbocycles. The van der Waals surface area contributed by atoms with E-state index in [1.165, 1.54) is 0 Å². The lowest BCUT2D eigenvalue weighted by atomic mass is 9.70. The van der Waals surface area contributed by atoms with Crippen LogP contribution < -0.4 is 0 Å². The summed E-state index contributed by atoms with van der Waals surface area (Å²) in [5.74, 6) is -0.218. The third-order valence-corrected chi connectivity index (χ3v) is 7.24. The first-order chi connectivity index (χ1) is 15.2. The lowest BCUT2D eigenvalue weighted by Gasteiger charge is -2.40. The number of fused-ring (bicyclic) bond motifs is 2. The van der Waals surface area contributed by atoms with Crippen molar-refractivity contribution in [2.75, 3.05) is 27.2 Å². The van der Waals surface area contributed by atoms with Gasteiger partial charge in [-0.15, -0.1) is 0 Å². The molecule has 1 aliphatic heterocycles. The van der Waals surface area contributed by atoms with Gasteiger partial charge in [-0.1, -0.05) is 25.4 Å². The van der Waals surface area contributed by atoms with Crippen LogP contribution in [-0.2, 0) is 14.9 Å². The van der Waals surface area contributed by atoms with Crippen molar-refractivity contribution in [3.05, 3.63) is 28.0 Å².